The Bertz CT molecular complexity index is 303. The highest BCUT2D eigenvalue weighted by molar-refractivity contribution is 6.62. The van der Waals surface area contributed by atoms with Gasteiger partial charge in [-0.2, -0.15) is 0 Å². The molecule has 0 saturated carbocycles. The minimum absolute atomic E-state index is 0.0147. The molecule has 170 valence electrons. The Morgan fingerprint density at radius 1 is 0.571 bits per heavy atom. The monoisotopic (exact) mass is 418 g/mol. The molecule has 0 amide bonds. The molecule has 0 aromatic carbocycles. The van der Waals surface area contributed by atoms with Gasteiger partial charge in [0.05, 0.1) is 12.1 Å². The second kappa shape index (κ2) is 20.3. The summed E-state index contributed by atoms with van der Waals surface area (Å²) in [6.07, 6.45) is 22.8. The molecule has 0 aliphatic carbocycles. The zero-order chi connectivity index (χ0) is 20.9. The third-order valence-corrected chi connectivity index (χ3v) is 9.16. The molecule has 0 saturated heterocycles. The summed E-state index contributed by atoms with van der Waals surface area (Å²) in [6, 6.07) is 0. The summed E-state index contributed by atoms with van der Waals surface area (Å²) in [4.78, 5) is 0. The van der Waals surface area contributed by atoms with Crippen molar-refractivity contribution in [2.24, 2.45) is 0 Å². The number of hydrogen-bond acceptors (Lipinski definition) is 4. The molecule has 0 aromatic heterocycles. The quantitative estimate of drug-likeness (QED) is 0.154. The van der Waals surface area contributed by atoms with Crippen LogP contribution in [-0.2, 0) is 13.3 Å². The topological polar surface area (TPSA) is 47.9 Å². The van der Waals surface area contributed by atoms with Crippen LogP contribution < -0.4 is 0 Å². The van der Waals surface area contributed by atoms with Gasteiger partial charge in [0.25, 0.3) is 0 Å². The van der Waals surface area contributed by atoms with Crippen LogP contribution in [0.2, 0.25) is 5.54 Å². The minimum atomic E-state index is -2.71. The van der Waals surface area contributed by atoms with E-state index in [0.29, 0.717) is 0 Å². The minimum Gasteiger partial charge on any atom is -0.396 e. The number of unbranched alkanes of at least 4 members (excludes halogenated alkanes) is 15. The average Bonchev–Trinajstić information content (AvgIpc) is 2.73. The van der Waals surface area contributed by atoms with Crippen LogP contribution in [0.15, 0.2) is 0 Å². The van der Waals surface area contributed by atoms with Crippen LogP contribution in [0.4, 0.5) is 0 Å². The fourth-order valence-electron chi connectivity index (χ4n) is 4.07. The molecule has 0 radical (unpaired) electrons. The van der Waals surface area contributed by atoms with Gasteiger partial charge in [-0.3, -0.25) is 0 Å². The van der Waals surface area contributed by atoms with Gasteiger partial charge in [-0.25, -0.2) is 0 Å². The molecule has 0 aromatic rings. The molecule has 0 rings (SSSR count). The second-order valence-electron chi connectivity index (χ2n) is 8.19. The van der Waals surface area contributed by atoms with E-state index in [1.165, 1.54) is 96.3 Å². The number of aliphatic hydroxyl groups is 1. The van der Waals surface area contributed by atoms with Crippen LogP contribution in [-0.4, -0.2) is 41.8 Å². The van der Waals surface area contributed by atoms with Crippen LogP contribution in [0.1, 0.15) is 116 Å². The summed E-state index contributed by atoms with van der Waals surface area (Å²) in [7, 11) is 2.16. The molecule has 4 nitrogen and oxygen atoms in total. The summed E-state index contributed by atoms with van der Waals surface area (Å²) < 4.78 is 16.5. The predicted molar refractivity (Wildman–Crippen MR) is 122 cm³/mol. The standard InChI is InChI=1S/C23H50O4Si/c1-5-6-7-8-9-10-11-12-13-14-15-16-17-18-19-20-21-23(22-24)28(25-2,26-3)27-4/h23-24H,5-22H2,1-4H3. The molecule has 28 heavy (non-hydrogen) atoms. The SMILES string of the molecule is CCCCCCCCCCCCCCCCCCC(CO)[Si](OC)(OC)OC. The van der Waals surface area contributed by atoms with Gasteiger partial charge in [-0.05, 0) is 6.42 Å². The van der Waals surface area contributed by atoms with Gasteiger partial charge >= 0.3 is 8.80 Å². The number of hydrogen-bond donors (Lipinski definition) is 1. The van der Waals surface area contributed by atoms with Gasteiger partial charge in [0.15, 0.2) is 0 Å². The van der Waals surface area contributed by atoms with Crippen LogP contribution in [0.25, 0.3) is 0 Å². The van der Waals surface area contributed by atoms with E-state index in [1.54, 1.807) is 21.3 Å². The van der Waals surface area contributed by atoms with Crippen LogP contribution >= 0.6 is 0 Å². The summed E-state index contributed by atoms with van der Waals surface area (Å²) in [5, 5.41) is 9.68. The van der Waals surface area contributed by atoms with Crippen LogP contribution in [0, 0.1) is 0 Å². The van der Waals surface area contributed by atoms with Crippen molar-refractivity contribution in [1.82, 2.24) is 0 Å². The first-order valence-electron chi connectivity index (χ1n) is 12.0. The van der Waals surface area contributed by atoms with Crippen molar-refractivity contribution in [1.29, 1.82) is 0 Å². The highest BCUT2D eigenvalue weighted by Gasteiger charge is 2.46. The molecule has 0 aliphatic rings. The van der Waals surface area contributed by atoms with Crippen LogP contribution in [0.5, 0.6) is 0 Å². The summed E-state index contributed by atoms with van der Waals surface area (Å²) in [5.41, 5.74) is -0.0147. The van der Waals surface area contributed by atoms with E-state index in [-0.39, 0.29) is 12.1 Å². The molecule has 0 bridgehead atoms. The van der Waals surface area contributed by atoms with Crippen molar-refractivity contribution in [3.8, 4) is 0 Å². The lowest BCUT2D eigenvalue weighted by Gasteiger charge is -2.31. The van der Waals surface area contributed by atoms with Gasteiger partial charge in [0.2, 0.25) is 0 Å². The third-order valence-electron chi connectivity index (χ3n) is 5.98. The normalized spacial score (nSPS) is 13.2. The summed E-state index contributed by atoms with van der Waals surface area (Å²) in [6.45, 7) is 2.35. The van der Waals surface area contributed by atoms with Crippen molar-refractivity contribution >= 4 is 8.80 Å². The van der Waals surface area contributed by atoms with E-state index in [0.717, 1.165) is 12.8 Å². The Kier molecular flexibility index (Phi) is 20.4. The van der Waals surface area contributed by atoms with Gasteiger partial charge in [-0.1, -0.05) is 110 Å². The van der Waals surface area contributed by atoms with E-state index in [1.807, 2.05) is 0 Å². The molecule has 0 spiro atoms. The maximum Gasteiger partial charge on any atom is 0.505 e. The van der Waals surface area contributed by atoms with Gasteiger partial charge < -0.3 is 18.4 Å². The molecular weight excluding hydrogens is 368 g/mol. The average molecular weight is 419 g/mol. The lowest BCUT2D eigenvalue weighted by molar-refractivity contribution is 0.0958. The molecule has 1 atom stereocenters. The van der Waals surface area contributed by atoms with E-state index in [4.69, 9.17) is 13.3 Å². The van der Waals surface area contributed by atoms with Gasteiger partial charge in [0, 0.05) is 21.3 Å². The van der Waals surface area contributed by atoms with Crippen molar-refractivity contribution < 1.29 is 18.4 Å². The molecule has 5 heteroatoms. The lowest BCUT2D eigenvalue weighted by Crippen LogP contribution is -2.49. The van der Waals surface area contributed by atoms with Gasteiger partial charge in [0.1, 0.15) is 0 Å². The van der Waals surface area contributed by atoms with E-state index in [2.05, 4.69) is 6.92 Å². The second-order valence-corrected chi connectivity index (χ2v) is 11.4. The van der Waals surface area contributed by atoms with Crippen molar-refractivity contribution in [2.75, 3.05) is 27.9 Å². The summed E-state index contributed by atoms with van der Waals surface area (Å²) in [5.74, 6) is 0. The largest absolute Gasteiger partial charge is 0.505 e. The first-order chi connectivity index (χ1) is 13.7. The molecule has 0 fully saturated rings. The maximum absolute atomic E-state index is 9.68. The summed E-state index contributed by atoms with van der Waals surface area (Å²) >= 11 is 0. The molecule has 0 heterocycles. The highest BCUT2D eigenvalue weighted by Crippen LogP contribution is 2.29. The Morgan fingerprint density at radius 2 is 0.893 bits per heavy atom. The fourth-order valence-corrected chi connectivity index (χ4v) is 6.35. The zero-order valence-corrected chi connectivity index (χ0v) is 20.5. The van der Waals surface area contributed by atoms with Crippen molar-refractivity contribution in [3.05, 3.63) is 0 Å². The van der Waals surface area contributed by atoms with Crippen LogP contribution in [0.3, 0.4) is 0 Å². The number of aliphatic hydroxyl groups excluding tert-OH is 1. The maximum atomic E-state index is 9.68. The fraction of sp³-hybridized carbons (Fsp3) is 1.00. The predicted octanol–water partition coefficient (Wildman–Crippen LogP) is 6.88. The van der Waals surface area contributed by atoms with E-state index >= 15 is 0 Å². The first kappa shape index (κ1) is 28.1. The Labute approximate surface area is 177 Å². The third kappa shape index (κ3) is 13.3. The van der Waals surface area contributed by atoms with Crippen molar-refractivity contribution in [2.45, 2.75) is 122 Å². The molecule has 1 unspecified atom stereocenters. The Morgan fingerprint density at radius 3 is 1.18 bits per heavy atom. The molecule has 1 N–H and O–H groups in total. The molecule has 0 aliphatic heterocycles. The lowest BCUT2D eigenvalue weighted by atomic mass is 10.0. The highest BCUT2D eigenvalue weighted by atomic mass is 28.4. The Balaban J connectivity index is 3.45. The van der Waals surface area contributed by atoms with E-state index in [9.17, 15) is 5.11 Å². The van der Waals surface area contributed by atoms with E-state index < -0.39 is 8.80 Å². The smallest absolute Gasteiger partial charge is 0.396 e. The van der Waals surface area contributed by atoms with Crippen molar-refractivity contribution in [3.63, 3.8) is 0 Å². The van der Waals surface area contributed by atoms with Gasteiger partial charge in [-0.15, -0.1) is 0 Å². The zero-order valence-electron chi connectivity index (χ0n) is 19.5. The number of rotatable bonds is 22. The first-order valence-corrected chi connectivity index (χ1v) is 13.8. The Hall–Kier alpha value is 0.0569. The molecular formula is C23H50O4Si.